The third-order valence-electron chi connectivity index (χ3n) is 6.42. The fourth-order valence-electron chi connectivity index (χ4n) is 4.51. The number of hydrogen-bond donors (Lipinski definition) is 2. The van der Waals surface area contributed by atoms with E-state index in [9.17, 15) is 17.6 Å². The van der Waals surface area contributed by atoms with Crippen molar-refractivity contribution in [3.05, 3.63) is 47.9 Å². The molecule has 10 heteroatoms. The highest BCUT2D eigenvalue weighted by Crippen LogP contribution is 2.33. The predicted molar refractivity (Wildman–Crippen MR) is 142 cm³/mol. The molecule has 4 rings (SSSR count). The number of fused-ring (bicyclic) bond motifs is 1. The van der Waals surface area contributed by atoms with Crippen LogP contribution in [0.25, 0.3) is 10.9 Å². The van der Waals surface area contributed by atoms with E-state index in [4.69, 9.17) is 4.74 Å². The molecule has 37 heavy (non-hydrogen) atoms. The number of piperidine rings is 1. The molecule has 1 saturated heterocycles. The third kappa shape index (κ3) is 6.65. The van der Waals surface area contributed by atoms with Gasteiger partial charge in [-0.25, -0.2) is 4.39 Å². The highest BCUT2D eigenvalue weighted by molar-refractivity contribution is 7.98. The zero-order valence-electron chi connectivity index (χ0n) is 21.0. The van der Waals surface area contributed by atoms with Gasteiger partial charge in [0.1, 0.15) is 18.1 Å². The first-order valence-electron chi connectivity index (χ1n) is 12.0. The van der Waals surface area contributed by atoms with Crippen molar-refractivity contribution in [3.63, 3.8) is 0 Å². The molecule has 0 atom stereocenters. The molecule has 0 unspecified atom stereocenters. The van der Waals surface area contributed by atoms with Gasteiger partial charge in [0.15, 0.2) is 0 Å². The second-order valence-electron chi connectivity index (χ2n) is 9.03. The summed E-state index contributed by atoms with van der Waals surface area (Å²) < 4.78 is 61.2. The second-order valence-corrected chi connectivity index (χ2v) is 9.88. The molecule has 5 nitrogen and oxygen atoms in total. The number of halogens is 4. The van der Waals surface area contributed by atoms with E-state index in [1.807, 2.05) is 6.07 Å². The minimum Gasteiger partial charge on any atom is -0.495 e. The van der Waals surface area contributed by atoms with Crippen LogP contribution in [0.4, 0.5) is 28.9 Å². The summed E-state index contributed by atoms with van der Waals surface area (Å²) in [6, 6.07) is 10.2. The molecule has 2 N–H and O–H groups in total. The fourth-order valence-corrected chi connectivity index (χ4v) is 4.99. The van der Waals surface area contributed by atoms with Crippen molar-refractivity contribution in [2.75, 3.05) is 50.7 Å². The average molecular weight is 535 g/mol. The van der Waals surface area contributed by atoms with Gasteiger partial charge in [0.2, 0.25) is 0 Å². The van der Waals surface area contributed by atoms with Gasteiger partial charge in [0.05, 0.1) is 30.6 Å². The Morgan fingerprint density at radius 1 is 1.14 bits per heavy atom. The van der Waals surface area contributed by atoms with Crippen molar-refractivity contribution < 1.29 is 22.3 Å². The van der Waals surface area contributed by atoms with Crippen LogP contribution >= 0.6 is 11.8 Å². The molecule has 2 heterocycles. The Hall–Kier alpha value is -3.03. The van der Waals surface area contributed by atoms with Gasteiger partial charge in [-0.2, -0.15) is 13.2 Å². The standard InChI is InChI=1S/C27H30F4N4OS/c1-34-12-9-18(10-13-34)33-22-7-4-8-24-20(22)14-19(35(24)17-27(29,30)31)6-5-11-32-23-15-21(28)26(37-3)16-25(23)36-2/h4,7-8,14-16,18,32-33H,9-13,17H2,1-3H3. The van der Waals surface area contributed by atoms with Crippen LogP contribution in [0.3, 0.4) is 0 Å². The van der Waals surface area contributed by atoms with Gasteiger partial charge in [0, 0.05) is 28.1 Å². The summed E-state index contributed by atoms with van der Waals surface area (Å²) in [4.78, 5) is 2.72. The Bertz CT molecular complexity index is 1300. The first-order valence-corrected chi connectivity index (χ1v) is 13.2. The highest BCUT2D eigenvalue weighted by Gasteiger charge is 2.30. The third-order valence-corrected chi connectivity index (χ3v) is 7.17. The zero-order valence-corrected chi connectivity index (χ0v) is 21.8. The van der Waals surface area contributed by atoms with E-state index in [1.54, 1.807) is 30.5 Å². The summed E-state index contributed by atoms with van der Waals surface area (Å²) in [6.45, 7) is 0.908. The molecular weight excluding hydrogens is 504 g/mol. The van der Waals surface area contributed by atoms with Crippen molar-refractivity contribution in [1.82, 2.24) is 9.47 Å². The largest absolute Gasteiger partial charge is 0.495 e. The number of nitrogens with zero attached hydrogens (tertiary/aromatic N) is 2. The number of nitrogens with one attached hydrogen (secondary N) is 2. The van der Waals surface area contributed by atoms with Gasteiger partial charge in [0.25, 0.3) is 0 Å². The molecule has 0 aliphatic carbocycles. The summed E-state index contributed by atoms with van der Waals surface area (Å²) in [5, 5.41) is 7.24. The molecule has 2 aromatic carbocycles. The van der Waals surface area contributed by atoms with Crippen LogP contribution in [-0.2, 0) is 6.54 Å². The quantitative estimate of drug-likeness (QED) is 0.220. The summed E-state index contributed by atoms with van der Waals surface area (Å²) in [5.41, 5.74) is 1.97. The molecule has 198 valence electrons. The van der Waals surface area contributed by atoms with Crippen LogP contribution in [0.2, 0.25) is 0 Å². The Labute approximate surface area is 218 Å². The van der Waals surface area contributed by atoms with E-state index in [2.05, 4.69) is 34.4 Å². The first-order chi connectivity index (χ1) is 17.7. The number of thioether (sulfide) groups is 1. The molecule has 3 aromatic rings. The Morgan fingerprint density at radius 2 is 1.89 bits per heavy atom. The molecule has 0 radical (unpaired) electrons. The topological polar surface area (TPSA) is 41.5 Å². The molecule has 0 bridgehead atoms. The number of alkyl halides is 3. The lowest BCUT2D eigenvalue weighted by Crippen LogP contribution is -2.36. The smallest absolute Gasteiger partial charge is 0.406 e. The number of methoxy groups -OCH3 is 1. The number of ether oxygens (including phenoxy) is 1. The maximum Gasteiger partial charge on any atom is 0.406 e. The number of benzene rings is 2. The summed E-state index contributed by atoms with van der Waals surface area (Å²) in [7, 11) is 3.57. The summed E-state index contributed by atoms with van der Waals surface area (Å²) in [5.74, 6) is 5.84. The minimum atomic E-state index is -4.40. The molecule has 1 aliphatic rings. The Morgan fingerprint density at radius 3 is 2.57 bits per heavy atom. The van der Waals surface area contributed by atoms with Gasteiger partial charge in [-0.15, -0.1) is 11.8 Å². The molecule has 0 amide bonds. The van der Waals surface area contributed by atoms with E-state index >= 15 is 0 Å². The number of aromatic nitrogens is 1. The van der Waals surface area contributed by atoms with Crippen LogP contribution in [0, 0.1) is 17.7 Å². The average Bonchev–Trinajstić information content (AvgIpc) is 3.20. The van der Waals surface area contributed by atoms with Crippen LogP contribution in [0.1, 0.15) is 18.5 Å². The number of rotatable bonds is 7. The number of likely N-dealkylation sites (tertiary alicyclic amines) is 1. The molecule has 1 fully saturated rings. The summed E-state index contributed by atoms with van der Waals surface area (Å²) in [6.07, 6.45) is -0.694. The SMILES string of the molecule is COc1cc(SC)c(F)cc1NCC#Cc1cc2c(NC3CCN(C)CC3)cccc2n1CC(F)(F)F. The molecular formula is C27H30F4N4OS. The van der Waals surface area contributed by atoms with Crippen molar-refractivity contribution in [2.45, 2.75) is 36.5 Å². The van der Waals surface area contributed by atoms with Crippen molar-refractivity contribution in [3.8, 4) is 17.6 Å². The van der Waals surface area contributed by atoms with Gasteiger partial charge in [-0.1, -0.05) is 12.0 Å². The Balaban J connectivity index is 1.60. The fraction of sp³-hybridized carbons (Fsp3) is 0.407. The lowest BCUT2D eigenvalue weighted by Gasteiger charge is -2.30. The Kier molecular flexibility index (Phi) is 8.45. The van der Waals surface area contributed by atoms with Gasteiger partial charge >= 0.3 is 6.18 Å². The van der Waals surface area contributed by atoms with E-state index in [-0.39, 0.29) is 18.3 Å². The second kappa shape index (κ2) is 11.6. The maximum absolute atomic E-state index is 14.2. The first kappa shape index (κ1) is 27.0. The van der Waals surface area contributed by atoms with Gasteiger partial charge in [-0.3, -0.25) is 0 Å². The minimum absolute atomic E-state index is 0.0999. The van der Waals surface area contributed by atoms with Crippen molar-refractivity contribution in [2.24, 2.45) is 0 Å². The van der Waals surface area contributed by atoms with E-state index in [0.29, 0.717) is 27.2 Å². The van der Waals surface area contributed by atoms with Crippen LogP contribution in [-0.4, -0.2) is 61.7 Å². The van der Waals surface area contributed by atoms with E-state index in [1.165, 1.54) is 29.5 Å². The normalized spacial score (nSPS) is 14.9. The van der Waals surface area contributed by atoms with Crippen LogP contribution < -0.4 is 15.4 Å². The molecule has 1 aromatic heterocycles. The highest BCUT2D eigenvalue weighted by atomic mass is 32.2. The van der Waals surface area contributed by atoms with E-state index < -0.39 is 18.5 Å². The van der Waals surface area contributed by atoms with Crippen molar-refractivity contribution in [1.29, 1.82) is 0 Å². The monoisotopic (exact) mass is 534 g/mol. The van der Waals surface area contributed by atoms with Gasteiger partial charge in [-0.05, 0) is 69.4 Å². The molecule has 0 saturated carbocycles. The van der Waals surface area contributed by atoms with Crippen LogP contribution in [0.5, 0.6) is 5.75 Å². The van der Waals surface area contributed by atoms with E-state index in [0.717, 1.165) is 31.6 Å². The lowest BCUT2D eigenvalue weighted by molar-refractivity contribution is -0.140. The zero-order chi connectivity index (χ0) is 26.6. The lowest BCUT2D eigenvalue weighted by atomic mass is 10.0. The van der Waals surface area contributed by atoms with Crippen LogP contribution in [0.15, 0.2) is 41.3 Å². The summed E-state index contributed by atoms with van der Waals surface area (Å²) >= 11 is 1.27. The number of anilines is 2. The van der Waals surface area contributed by atoms with Crippen molar-refractivity contribution >= 4 is 34.0 Å². The predicted octanol–water partition coefficient (Wildman–Crippen LogP) is 6.04. The van der Waals surface area contributed by atoms with Gasteiger partial charge < -0.3 is 24.8 Å². The maximum atomic E-state index is 14.2. The molecule has 1 aliphatic heterocycles. The number of hydrogen-bond acceptors (Lipinski definition) is 5. The molecule has 0 spiro atoms.